The van der Waals surface area contributed by atoms with Crippen molar-refractivity contribution >= 4 is 61.0 Å². The van der Waals surface area contributed by atoms with Crippen LogP contribution in [-0.2, 0) is 15.3 Å². The van der Waals surface area contributed by atoms with Gasteiger partial charge in [-0.2, -0.15) is 0 Å². The monoisotopic (exact) mass is 447 g/mol. The number of thioether (sulfide) groups is 2. The molecule has 0 saturated carbocycles. The summed E-state index contributed by atoms with van der Waals surface area (Å²) in [6, 6.07) is 15.2. The summed E-state index contributed by atoms with van der Waals surface area (Å²) in [5.74, 6) is 0.795. The lowest BCUT2D eigenvalue weighted by atomic mass is 10.2. The second-order valence-electron chi connectivity index (χ2n) is 5.35. The molecule has 26 heavy (non-hydrogen) atoms. The van der Waals surface area contributed by atoms with E-state index >= 15 is 0 Å². The van der Waals surface area contributed by atoms with Crippen LogP contribution in [0.4, 0.5) is 0 Å². The van der Waals surface area contributed by atoms with Gasteiger partial charge in [0.1, 0.15) is 15.8 Å². The number of benzene rings is 2. The summed E-state index contributed by atoms with van der Waals surface area (Å²) < 4.78 is 6.62. The zero-order valence-electron chi connectivity index (χ0n) is 13.8. The number of carbonyl (C=O) groups excluding carboxylic acids is 2. The number of rotatable bonds is 4. The maximum Gasteiger partial charge on any atom is 0.308 e. The third-order valence-electron chi connectivity index (χ3n) is 3.33. The van der Waals surface area contributed by atoms with E-state index in [1.54, 1.807) is 36.0 Å². The molecule has 0 atom stereocenters. The van der Waals surface area contributed by atoms with Gasteiger partial charge in [0.15, 0.2) is 0 Å². The fourth-order valence-electron chi connectivity index (χ4n) is 2.18. The molecule has 1 aliphatic rings. The number of hydrogen-bond donors (Lipinski definition) is 0. The Morgan fingerprint density at radius 2 is 2.04 bits per heavy atom. The van der Waals surface area contributed by atoms with Gasteiger partial charge in [0.25, 0.3) is 0 Å². The topological polar surface area (TPSA) is 55.7 Å². The second-order valence-corrected chi connectivity index (χ2v) is 8.39. The molecule has 1 heterocycles. The van der Waals surface area contributed by atoms with Crippen molar-refractivity contribution in [2.45, 2.75) is 12.7 Å². The van der Waals surface area contributed by atoms with Gasteiger partial charge in [0.2, 0.25) is 5.12 Å². The number of nitrogens with zero attached hydrogens (tertiary/aromatic N) is 1. The van der Waals surface area contributed by atoms with Crippen LogP contribution in [0.2, 0.25) is 0 Å². The second kappa shape index (κ2) is 8.70. The van der Waals surface area contributed by atoms with Gasteiger partial charge in [-0.25, -0.2) is 4.99 Å². The quantitative estimate of drug-likeness (QED) is 0.362. The number of halogens is 1. The number of carbonyl (C=O) groups is 2. The van der Waals surface area contributed by atoms with Crippen LogP contribution < -0.4 is 4.74 Å². The van der Waals surface area contributed by atoms with Crippen LogP contribution in [0.15, 0.2) is 63.7 Å². The molecular formula is C19H14BrNO3S2. The lowest BCUT2D eigenvalue weighted by Crippen LogP contribution is -2.01. The Balaban J connectivity index is 1.76. The minimum Gasteiger partial charge on any atom is -0.427 e. The van der Waals surface area contributed by atoms with Gasteiger partial charge < -0.3 is 4.74 Å². The van der Waals surface area contributed by atoms with Crippen LogP contribution in [-0.4, -0.2) is 15.5 Å². The molecule has 3 rings (SSSR count). The number of esters is 1. The first-order valence-electron chi connectivity index (χ1n) is 7.68. The van der Waals surface area contributed by atoms with E-state index in [2.05, 4.69) is 20.9 Å². The Labute approximate surface area is 168 Å². The summed E-state index contributed by atoms with van der Waals surface area (Å²) >= 11 is 6.12. The van der Waals surface area contributed by atoms with E-state index in [0.29, 0.717) is 11.4 Å². The summed E-state index contributed by atoms with van der Waals surface area (Å²) in [6.07, 6.45) is 1.70. The molecule has 0 amide bonds. The molecule has 0 spiro atoms. The number of aliphatic imine (C=N–C) groups is 1. The molecule has 0 aromatic heterocycles. The lowest BCUT2D eigenvalue weighted by Gasteiger charge is -2.04. The Morgan fingerprint density at radius 3 is 2.77 bits per heavy atom. The molecule has 1 aliphatic heterocycles. The van der Waals surface area contributed by atoms with E-state index < -0.39 is 5.97 Å². The molecule has 0 bridgehead atoms. The molecule has 7 heteroatoms. The van der Waals surface area contributed by atoms with Gasteiger partial charge in [-0.15, -0.1) is 0 Å². The van der Waals surface area contributed by atoms with Crippen molar-refractivity contribution in [2.75, 3.05) is 0 Å². The van der Waals surface area contributed by atoms with Gasteiger partial charge in [-0.1, -0.05) is 58.0 Å². The molecule has 0 N–H and O–H groups in total. The predicted octanol–water partition coefficient (Wildman–Crippen LogP) is 5.28. The van der Waals surface area contributed by atoms with Crippen molar-refractivity contribution in [1.29, 1.82) is 0 Å². The summed E-state index contributed by atoms with van der Waals surface area (Å²) in [5.41, 5.74) is 2.29. The van der Waals surface area contributed by atoms with E-state index in [1.807, 2.05) is 30.3 Å². The minimum atomic E-state index is -0.393. The summed E-state index contributed by atoms with van der Waals surface area (Å²) in [6.45, 7) is 1.35. The minimum absolute atomic E-state index is 0.0923. The molecule has 0 fully saturated rings. The zero-order chi connectivity index (χ0) is 18.5. The van der Waals surface area contributed by atoms with Crippen LogP contribution in [0.5, 0.6) is 5.75 Å². The van der Waals surface area contributed by atoms with Crippen LogP contribution in [0.1, 0.15) is 18.1 Å². The molecule has 2 aromatic carbocycles. The maximum atomic E-state index is 12.2. The first-order valence-corrected chi connectivity index (χ1v) is 10.3. The SMILES string of the molecule is CC(=O)Oc1ccc(Br)c(/C=C2\N=C(SCc3ccccc3)SC2=O)c1. The van der Waals surface area contributed by atoms with Crippen LogP contribution >= 0.6 is 39.5 Å². The van der Waals surface area contributed by atoms with Gasteiger partial charge in [0.05, 0.1) is 0 Å². The molecular weight excluding hydrogens is 434 g/mol. The van der Waals surface area contributed by atoms with E-state index in [9.17, 15) is 9.59 Å². The van der Waals surface area contributed by atoms with Gasteiger partial charge in [-0.05, 0) is 47.2 Å². The van der Waals surface area contributed by atoms with Crippen LogP contribution in [0, 0.1) is 0 Å². The van der Waals surface area contributed by atoms with Crippen molar-refractivity contribution in [1.82, 2.24) is 0 Å². The van der Waals surface area contributed by atoms with E-state index in [0.717, 1.165) is 31.9 Å². The van der Waals surface area contributed by atoms with Gasteiger partial charge in [0, 0.05) is 17.1 Å². The molecule has 0 radical (unpaired) electrons. The molecule has 2 aromatic rings. The third kappa shape index (κ3) is 5.09. The van der Waals surface area contributed by atoms with Crippen molar-refractivity contribution in [3.63, 3.8) is 0 Å². The van der Waals surface area contributed by atoms with E-state index in [-0.39, 0.29) is 5.12 Å². The molecule has 0 saturated heterocycles. The average molecular weight is 448 g/mol. The Kier molecular flexibility index (Phi) is 6.34. The fraction of sp³-hybridized carbons (Fsp3) is 0.105. The normalized spacial score (nSPS) is 15.2. The van der Waals surface area contributed by atoms with Crippen molar-refractivity contribution in [3.8, 4) is 5.75 Å². The zero-order valence-corrected chi connectivity index (χ0v) is 17.0. The van der Waals surface area contributed by atoms with Crippen molar-refractivity contribution in [3.05, 3.63) is 69.8 Å². The highest BCUT2D eigenvalue weighted by Gasteiger charge is 2.22. The first kappa shape index (κ1) is 18.9. The van der Waals surface area contributed by atoms with E-state index in [4.69, 9.17) is 4.74 Å². The molecule has 0 unspecified atom stereocenters. The summed E-state index contributed by atoms with van der Waals surface area (Å²) in [5, 5.41) is -0.0923. The Bertz CT molecular complexity index is 910. The van der Waals surface area contributed by atoms with Crippen LogP contribution in [0.25, 0.3) is 6.08 Å². The first-order chi connectivity index (χ1) is 12.5. The molecule has 0 aliphatic carbocycles. The van der Waals surface area contributed by atoms with E-state index in [1.165, 1.54) is 12.5 Å². The molecule has 4 nitrogen and oxygen atoms in total. The van der Waals surface area contributed by atoms with Gasteiger partial charge >= 0.3 is 5.97 Å². The summed E-state index contributed by atoms with van der Waals surface area (Å²) in [7, 11) is 0. The number of hydrogen-bond acceptors (Lipinski definition) is 6. The predicted molar refractivity (Wildman–Crippen MR) is 111 cm³/mol. The highest BCUT2D eigenvalue weighted by Crippen LogP contribution is 2.34. The Morgan fingerprint density at radius 1 is 1.27 bits per heavy atom. The standard InChI is InChI=1S/C19H14BrNO3S2/c1-12(22)24-15-7-8-16(20)14(9-15)10-17-18(23)26-19(21-17)25-11-13-5-3-2-4-6-13/h2-10H,11H2,1H3/b17-10-. The van der Waals surface area contributed by atoms with Gasteiger partial charge in [-0.3, -0.25) is 9.59 Å². The maximum absolute atomic E-state index is 12.2. The smallest absolute Gasteiger partial charge is 0.308 e. The van der Waals surface area contributed by atoms with Crippen molar-refractivity contribution < 1.29 is 14.3 Å². The molecule has 132 valence electrons. The number of ether oxygens (including phenoxy) is 1. The lowest BCUT2D eigenvalue weighted by molar-refractivity contribution is -0.131. The average Bonchev–Trinajstić information content (AvgIpc) is 2.96. The largest absolute Gasteiger partial charge is 0.427 e. The highest BCUT2D eigenvalue weighted by molar-refractivity contribution is 9.10. The fourth-order valence-corrected chi connectivity index (χ4v) is 4.34. The van der Waals surface area contributed by atoms with Crippen LogP contribution in [0.3, 0.4) is 0 Å². The highest BCUT2D eigenvalue weighted by atomic mass is 79.9. The third-order valence-corrected chi connectivity index (χ3v) is 6.13. The van der Waals surface area contributed by atoms with Crippen molar-refractivity contribution in [2.24, 2.45) is 4.99 Å². The summed E-state index contributed by atoms with van der Waals surface area (Å²) in [4.78, 5) is 27.8. The Hall–Kier alpha value is -1.83.